The van der Waals surface area contributed by atoms with E-state index in [0.717, 1.165) is 0 Å². The largest absolute Gasteiger partial charge is 0.368 e. The first-order valence-electron chi connectivity index (χ1n) is 8.14. The molecule has 0 aromatic heterocycles. The van der Waals surface area contributed by atoms with Gasteiger partial charge in [0.05, 0.1) is 16.3 Å². The molecule has 0 aliphatic carbocycles. The van der Waals surface area contributed by atoms with E-state index in [9.17, 15) is 19.7 Å². The normalized spacial score (nSPS) is 16.0. The van der Waals surface area contributed by atoms with Crippen LogP contribution < -0.4 is 16.1 Å². The van der Waals surface area contributed by atoms with Crippen LogP contribution in [0.25, 0.3) is 0 Å². The van der Waals surface area contributed by atoms with E-state index in [-0.39, 0.29) is 17.8 Å². The summed E-state index contributed by atoms with van der Waals surface area (Å²) in [7, 11) is 0. The first-order valence-corrected chi connectivity index (χ1v) is 8.14. The average Bonchev–Trinajstić information content (AvgIpc) is 3.10. The third kappa shape index (κ3) is 3.76. The third-order valence-electron chi connectivity index (χ3n) is 4.20. The van der Waals surface area contributed by atoms with Crippen LogP contribution in [-0.2, 0) is 9.59 Å². The number of nitro groups is 1. The number of hydrazone groups is 1. The molecule has 0 fully saturated rings. The lowest BCUT2D eigenvalue weighted by molar-refractivity contribution is -0.384. The van der Waals surface area contributed by atoms with Gasteiger partial charge >= 0.3 is 0 Å². The number of aryl methyl sites for hydroxylation is 1. The number of carbonyl (C=O) groups is 2. The van der Waals surface area contributed by atoms with Gasteiger partial charge in [0, 0.05) is 18.6 Å². The van der Waals surface area contributed by atoms with Gasteiger partial charge in [-0.25, -0.2) is 0 Å². The van der Waals surface area contributed by atoms with Crippen molar-refractivity contribution in [3.8, 4) is 0 Å². The number of hydrogen-bond acceptors (Lipinski definition) is 6. The maximum absolute atomic E-state index is 12.6. The van der Waals surface area contributed by atoms with Crippen LogP contribution in [0.2, 0.25) is 0 Å². The lowest BCUT2D eigenvalue weighted by atomic mass is 10.1. The molecule has 1 aliphatic rings. The molecule has 1 heterocycles. The van der Waals surface area contributed by atoms with Crippen molar-refractivity contribution < 1.29 is 14.5 Å². The summed E-state index contributed by atoms with van der Waals surface area (Å²) < 4.78 is 0. The van der Waals surface area contributed by atoms with Gasteiger partial charge in [-0.2, -0.15) is 5.10 Å². The fraction of sp³-hybridized carbons (Fsp3) is 0.167. The van der Waals surface area contributed by atoms with E-state index in [1.54, 1.807) is 37.3 Å². The summed E-state index contributed by atoms with van der Waals surface area (Å²) in [6.07, 6.45) is 0.0457. The summed E-state index contributed by atoms with van der Waals surface area (Å²) in [6.45, 7) is 1.72. The summed E-state index contributed by atoms with van der Waals surface area (Å²) in [6, 6.07) is 12.3. The van der Waals surface area contributed by atoms with Gasteiger partial charge in [0.15, 0.2) is 0 Å². The predicted molar refractivity (Wildman–Crippen MR) is 100 cm³/mol. The smallest absolute Gasteiger partial charge is 0.271 e. The molecule has 2 amide bonds. The Morgan fingerprint density at radius 2 is 1.96 bits per heavy atom. The van der Waals surface area contributed by atoms with Gasteiger partial charge in [-0.3, -0.25) is 24.7 Å². The quantitative estimate of drug-likeness (QED) is 0.616. The molecule has 2 aromatic rings. The van der Waals surface area contributed by atoms with Crippen LogP contribution in [0.4, 0.5) is 17.1 Å². The fourth-order valence-electron chi connectivity index (χ4n) is 2.74. The minimum absolute atomic E-state index is 0.0457. The molecule has 1 unspecified atom stereocenters. The number of rotatable bonds is 5. The van der Waals surface area contributed by atoms with Gasteiger partial charge < -0.3 is 11.1 Å². The third-order valence-corrected chi connectivity index (χ3v) is 4.20. The molecule has 0 saturated carbocycles. The maximum Gasteiger partial charge on any atom is 0.271 e. The second-order valence-corrected chi connectivity index (χ2v) is 6.06. The van der Waals surface area contributed by atoms with Crippen molar-refractivity contribution in [1.82, 2.24) is 0 Å². The van der Waals surface area contributed by atoms with E-state index in [1.807, 2.05) is 6.07 Å². The number of nitrogens with one attached hydrogen (secondary N) is 1. The predicted octanol–water partition coefficient (Wildman–Crippen LogP) is 1.96. The van der Waals surface area contributed by atoms with Crippen LogP contribution in [0.1, 0.15) is 12.0 Å². The number of primary amides is 1. The average molecular weight is 367 g/mol. The highest BCUT2D eigenvalue weighted by Crippen LogP contribution is 2.26. The molecular weight excluding hydrogens is 350 g/mol. The van der Waals surface area contributed by atoms with Gasteiger partial charge in [0.1, 0.15) is 11.8 Å². The number of nitrogens with zero attached hydrogens (tertiary/aromatic N) is 3. The minimum Gasteiger partial charge on any atom is -0.368 e. The molecule has 9 nitrogen and oxygen atoms in total. The zero-order valence-electron chi connectivity index (χ0n) is 14.5. The van der Waals surface area contributed by atoms with Crippen molar-refractivity contribution in [3.63, 3.8) is 0 Å². The van der Waals surface area contributed by atoms with E-state index >= 15 is 0 Å². The van der Waals surface area contributed by atoms with Gasteiger partial charge in [-0.1, -0.05) is 24.3 Å². The molecule has 138 valence electrons. The number of hydrogen-bond donors (Lipinski definition) is 2. The summed E-state index contributed by atoms with van der Waals surface area (Å²) in [5.74, 6) is -1.14. The molecule has 0 radical (unpaired) electrons. The van der Waals surface area contributed by atoms with Crippen molar-refractivity contribution in [2.24, 2.45) is 10.8 Å². The first kappa shape index (κ1) is 18.1. The summed E-state index contributed by atoms with van der Waals surface area (Å²) in [4.78, 5) is 34.8. The molecular formula is C18H17N5O4. The van der Waals surface area contributed by atoms with Crippen molar-refractivity contribution in [3.05, 3.63) is 64.2 Å². The second-order valence-electron chi connectivity index (χ2n) is 6.06. The molecule has 27 heavy (non-hydrogen) atoms. The minimum atomic E-state index is -0.778. The van der Waals surface area contributed by atoms with Crippen molar-refractivity contribution in [2.45, 2.75) is 19.4 Å². The molecule has 2 aromatic carbocycles. The van der Waals surface area contributed by atoms with E-state index in [0.29, 0.717) is 16.9 Å². The van der Waals surface area contributed by atoms with Crippen LogP contribution in [0.15, 0.2) is 53.6 Å². The summed E-state index contributed by atoms with van der Waals surface area (Å²) in [5.41, 5.74) is 7.05. The van der Waals surface area contributed by atoms with Crippen LogP contribution in [0, 0.1) is 17.0 Å². The lowest BCUT2D eigenvalue weighted by Gasteiger charge is -2.20. The van der Waals surface area contributed by atoms with Crippen LogP contribution in [-0.4, -0.2) is 28.5 Å². The Kier molecular flexibility index (Phi) is 4.84. The van der Waals surface area contributed by atoms with Crippen LogP contribution >= 0.6 is 0 Å². The van der Waals surface area contributed by atoms with Crippen molar-refractivity contribution in [1.29, 1.82) is 0 Å². The van der Waals surface area contributed by atoms with Crippen molar-refractivity contribution in [2.75, 3.05) is 10.3 Å². The Balaban J connectivity index is 1.86. The Morgan fingerprint density at radius 1 is 1.26 bits per heavy atom. The topological polar surface area (TPSA) is 131 Å². The van der Waals surface area contributed by atoms with E-state index in [2.05, 4.69) is 10.4 Å². The number of anilines is 2. The van der Waals surface area contributed by atoms with Gasteiger partial charge in [0.25, 0.3) is 11.6 Å². The highest BCUT2D eigenvalue weighted by molar-refractivity contribution is 6.44. The number of non-ortho nitro benzene ring substituents is 1. The van der Waals surface area contributed by atoms with Crippen molar-refractivity contribution >= 4 is 34.6 Å². The Bertz CT molecular complexity index is 942. The number of amides is 2. The lowest BCUT2D eigenvalue weighted by Crippen LogP contribution is -2.39. The SMILES string of the molecule is Cc1ccc([N+](=O)[O-])cc1NC(=O)C1=NN(c2ccccc2)C(C(N)=O)C1. The highest BCUT2D eigenvalue weighted by atomic mass is 16.6. The number of nitro benzene ring substituents is 1. The standard InChI is InChI=1S/C18H17N5O4/c1-11-7-8-13(23(26)27)9-14(11)20-18(25)15-10-16(17(19)24)22(21-15)12-5-3-2-4-6-12/h2-9,16H,10H2,1H3,(H2,19,24)(H,20,25). The van der Waals surface area contributed by atoms with Gasteiger partial charge in [0.2, 0.25) is 5.91 Å². The zero-order chi connectivity index (χ0) is 19.6. The molecule has 1 atom stereocenters. The first-order chi connectivity index (χ1) is 12.9. The molecule has 3 rings (SSSR count). The summed E-state index contributed by atoms with van der Waals surface area (Å²) >= 11 is 0. The number of para-hydroxylation sites is 1. The molecule has 3 N–H and O–H groups in total. The molecule has 0 saturated heterocycles. The fourth-order valence-corrected chi connectivity index (χ4v) is 2.74. The Labute approximate surface area is 154 Å². The zero-order valence-corrected chi connectivity index (χ0v) is 14.5. The Hall–Kier alpha value is -3.75. The second kappa shape index (κ2) is 7.24. The molecule has 0 bridgehead atoms. The number of benzene rings is 2. The highest BCUT2D eigenvalue weighted by Gasteiger charge is 2.35. The number of nitrogens with two attached hydrogens (primary N) is 1. The van der Waals surface area contributed by atoms with E-state index < -0.39 is 22.8 Å². The summed E-state index contributed by atoms with van der Waals surface area (Å²) in [5, 5.41) is 19.2. The monoisotopic (exact) mass is 367 g/mol. The van der Waals surface area contributed by atoms with Gasteiger partial charge in [-0.15, -0.1) is 0 Å². The number of carbonyl (C=O) groups excluding carboxylic acids is 2. The van der Waals surface area contributed by atoms with E-state index in [4.69, 9.17) is 5.73 Å². The maximum atomic E-state index is 12.6. The van der Waals surface area contributed by atoms with Gasteiger partial charge in [-0.05, 0) is 24.6 Å². The van der Waals surface area contributed by atoms with E-state index in [1.165, 1.54) is 17.1 Å². The Morgan fingerprint density at radius 3 is 2.59 bits per heavy atom. The molecule has 0 spiro atoms. The molecule has 9 heteroatoms. The molecule has 1 aliphatic heterocycles. The van der Waals surface area contributed by atoms with Crippen LogP contribution in [0.5, 0.6) is 0 Å². The van der Waals surface area contributed by atoms with Crippen LogP contribution in [0.3, 0.4) is 0 Å².